The van der Waals surface area contributed by atoms with Crippen LogP contribution < -0.4 is 0 Å². The summed E-state index contributed by atoms with van der Waals surface area (Å²) in [5, 5.41) is 0. The SMILES string of the molecule is CCCCCCCCCCCOBr. The van der Waals surface area contributed by atoms with E-state index in [4.69, 9.17) is 3.83 Å². The monoisotopic (exact) mass is 250 g/mol. The fraction of sp³-hybridized carbons (Fsp3) is 1.00. The third-order valence-electron chi connectivity index (χ3n) is 2.33. The van der Waals surface area contributed by atoms with Crippen molar-refractivity contribution in [3.63, 3.8) is 0 Å². The Labute approximate surface area is 91.7 Å². The van der Waals surface area contributed by atoms with Gasteiger partial charge >= 0.3 is 0 Å². The molecule has 0 aromatic carbocycles. The molecular formula is C11H23BrO. The van der Waals surface area contributed by atoms with Gasteiger partial charge in [-0.15, -0.1) is 0 Å². The molecule has 0 aliphatic carbocycles. The van der Waals surface area contributed by atoms with E-state index in [1.54, 1.807) is 0 Å². The highest BCUT2D eigenvalue weighted by molar-refractivity contribution is 9.06. The summed E-state index contributed by atoms with van der Waals surface area (Å²) in [6.07, 6.45) is 12.4. The first-order valence-corrected chi connectivity index (χ1v) is 6.30. The van der Waals surface area contributed by atoms with E-state index >= 15 is 0 Å². The van der Waals surface area contributed by atoms with Gasteiger partial charge in [-0.2, -0.15) is 0 Å². The molecule has 0 amide bonds. The molecule has 0 heterocycles. The van der Waals surface area contributed by atoms with Crippen molar-refractivity contribution in [3.8, 4) is 0 Å². The molecule has 0 fully saturated rings. The third kappa shape index (κ3) is 12.4. The first-order valence-electron chi connectivity index (χ1n) is 5.65. The van der Waals surface area contributed by atoms with E-state index < -0.39 is 0 Å². The van der Waals surface area contributed by atoms with Crippen molar-refractivity contribution in [2.24, 2.45) is 0 Å². The molecule has 0 aliphatic rings. The summed E-state index contributed by atoms with van der Waals surface area (Å²) in [7, 11) is 0. The molecule has 80 valence electrons. The highest BCUT2D eigenvalue weighted by Crippen LogP contribution is 2.09. The molecule has 0 radical (unpaired) electrons. The number of hydrogen-bond donors (Lipinski definition) is 0. The van der Waals surface area contributed by atoms with Gasteiger partial charge in [0.15, 0.2) is 0 Å². The maximum Gasteiger partial charge on any atom is 0.0987 e. The van der Waals surface area contributed by atoms with E-state index in [0.29, 0.717) is 0 Å². The lowest BCUT2D eigenvalue weighted by Gasteiger charge is -2.00. The van der Waals surface area contributed by atoms with Crippen LogP contribution in [0.25, 0.3) is 0 Å². The fourth-order valence-electron chi connectivity index (χ4n) is 1.47. The largest absolute Gasteiger partial charge is 0.308 e. The van der Waals surface area contributed by atoms with Crippen molar-refractivity contribution < 1.29 is 3.83 Å². The Morgan fingerprint density at radius 1 is 0.769 bits per heavy atom. The summed E-state index contributed by atoms with van der Waals surface area (Å²) in [5.41, 5.74) is 0. The third-order valence-corrected chi connectivity index (χ3v) is 2.65. The highest BCUT2D eigenvalue weighted by Gasteiger charge is 1.91. The Bertz CT molecular complexity index is 76.2. The van der Waals surface area contributed by atoms with Crippen LogP contribution in [0, 0.1) is 0 Å². The van der Waals surface area contributed by atoms with Gasteiger partial charge in [0.25, 0.3) is 0 Å². The van der Waals surface area contributed by atoms with Crippen LogP contribution in [0.1, 0.15) is 64.7 Å². The van der Waals surface area contributed by atoms with E-state index in [2.05, 4.69) is 23.2 Å². The fourth-order valence-corrected chi connectivity index (χ4v) is 1.70. The molecule has 2 heteroatoms. The topological polar surface area (TPSA) is 9.23 Å². The van der Waals surface area contributed by atoms with E-state index in [0.717, 1.165) is 6.61 Å². The van der Waals surface area contributed by atoms with Gasteiger partial charge in [-0.05, 0) is 6.42 Å². The molecule has 0 rings (SSSR count). The second kappa shape index (κ2) is 12.4. The standard InChI is InChI=1S/C11H23BrO/c1-2-3-4-5-6-7-8-9-10-11-13-12/h2-11H2,1H3. The van der Waals surface area contributed by atoms with Crippen LogP contribution in [0.2, 0.25) is 0 Å². The second-order valence-corrected chi connectivity index (χ2v) is 4.10. The molecule has 0 saturated heterocycles. The number of hydrogen-bond acceptors (Lipinski definition) is 1. The molecular weight excluding hydrogens is 228 g/mol. The summed E-state index contributed by atoms with van der Waals surface area (Å²) in [5.74, 6) is 0. The molecule has 0 bridgehead atoms. The summed E-state index contributed by atoms with van der Waals surface area (Å²) in [4.78, 5) is 0. The van der Waals surface area contributed by atoms with Gasteiger partial charge in [0.2, 0.25) is 0 Å². The van der Waals surface area contributed by atoms with Crippen molar-refractivity contribution in [3.05, 3.63) is 0 Å². The smallest absolute Gasteiger partial charge is 0.0987 e. The van der Waals surface area contributed by atoms with Crippen LogP contribution in [-0.4, -0.2) is 6.61 Å². The van der Waals surface area contributed by atoms with E-state index in [1.165, 1.54) is 57.8 Å². The normalized spacial score (nSPS) is 10.6. The van der Waals surface area contributed by atoms with Gasteiger partial charge in [-0.25, -0.2) is 0 Å². The van der Waals surface area contributed by atoms with Crippen LogP contribution in [-0.2, 0) is 3.83 Å². The van der Waals surface area contributed by atoms with Gasteiger partial charge in [0, 0.05) is 0 Å². The molecule has 1 nitrogen and oxygen atoms in total. The number of unbranched alkanes of at least 4 members (excludes halogenated alkanes) is 8. The lowest BCUT2D eigenvalue weighted by molar-refractivity contribution is 0.374. The van der Waals surface area contributed by atoms with Gasteiger partial charge < -0.3 is 3.83 Å². The van der Waals surface area contributed by atoms with Gasteiger partial charge in [-0.3, -0.25) is 0 Å². The average Bonchev–Trinajstić information content (AvgIpc) is 2.16. The predicted molar refractivity (Wildman–Crippen MR) is 62.1 cm³/mol. The van der Waals surface area contributed by atoms with Gasteiger partial charge in [0.1, 0.15) is 0 Å². The minimum Gasteiger partial charge on any atom is -0.308 e. The van der Waals surface area contributed by atoms with Crippen molar-refractivity contribution in [1.29, 1.82) is 0 Å². The Morgan fingerprint density at radius 2 is 1.23 bits per heavy atom. The van der Waals surface area contributed by atoms with Crippen LogP contribution in [0.15, 0.2) is 0 Å². The van der Waals surface area contributed by atoms with E-state index in [1.807, 2.05) is 0 Å². The zero-order valence-corrected chi connectivity index (χ0v) is 10.4. The highest BCUT2D eigenvalue weighted by atomic mass is 79.9. The summed E-state index contributed by atoms with van der Waals surface area (Å²) < 4.78 is 4.81. The van der Waals surface area contributed by atoms with Crippen LogP contribution in [0.5, 0.6) is 0 Å². The Balaban J connectivity index is 2.76. The van der Waals surface area contributed by atoms with Crippen LogP contribution in [0.4, 0.5) is 0 Å². The lowest BCUT2D eigenvalue weighted by atomic mass is 10.1. The van der Waals surface area contributed by atoms with Crippen molar-refractivity contribution in [1.82, 2.24) is 0 Å². The van der Waals surface area contributed by atoms with Gasteiger partial charge in [0.05, 0.1) is 22.9 Å². The maximum absolute atomic E-state index is 4.81. The minimum atomic E-state index is 0.857. The Kier molecular flexibility index (Phi) is 12.9. The summed E-state index contributed by atoms with van der Waals surface area (Å²) in [6, 6.07) is 0. The molecule has 0 aliphatic heterocycles. The Hall–Kier alpha value is 0.440. The summed E-state index contributed by atoms with van der Waals surface area (Å²) in [6.45, 7) is 3.12. The summed E-state index contributed by atoms with van der Waals surface area (Å²) >= 11 is 2.96. The molecule has 0 unspecified atom stereocenters. The second-order valence-electron chi connectivity index (χ2n) is 3.64. The number of rotatable bonds is 10. The maximum atomic E-state index is 4.81. The molecule has 0 aromatic heterocycles. The number of halogens is 1. The predicted octanol–water partition coefficient (Wildman–Crippen LogP) is 4.84. The van der Waals surface area contributed by atoms with Crippen LogP contribution >= 0.6 is 16.3 Å². The van der Waals surface area contributed by atoms with Crippen LogP contribution in [0.3, 0.4) is 0 Å². The van der Waals surface area contributed by atoms with Gasteiger partial charge in [-0.1, -0.05) is 58.3 Å². The first kappa shape index (κ1) is 13.4. The molecule has 0 atom stereocenters. The molecule has 13 heavy (non-hydrogen) atoms. The Morgan fingerprint density at radius 3 is 1.69 bits per heavy atom. The minimum absolute atomic E-state index is 0.857. The van der Waals surface area contributed by atoms with Crippen molar-refractivity contribution >= 4 is 16.3 Å². The zero-order chi connectivity index (χ0) is 9.78. The average molecular weight is 251 g/mol. The lowest BCUT2D eigenvalue weighted by Crippen LogP contribution is -1.85. The van der Waals surface area contributed by atoms with Crippen molar-refractivity contribution in [2.75, 3.05) is 6.61 Å². The van der Waals surface area contributed by atoms with E-state index in [-0.39, 0.29) is 0 Å². The van der Waals surface area contributed by atoms with Crippen molar-refractivity contribution in [2.45, 2.75) is 64.7 Å². The first-order chi connectivity index (χ1) is 6.41. The van der Waals surface area contributed by atoms with E-state index in [9.17, 15) is 0 Å². The zero-order valence-electron chi connectivity index (χ0n) is 8.86. The molecule has 0 saturated carbocycles. The molecule has 0 aromatic rings. The molecule has 0 spiro atoms. The quantitative estimate of drug-likeness (QED) is 0.504. The molecule has 0 N–H and O–H groups in total.